The van der Waals surface area contributed by atoms with Crippen molar-refractivity contribution in [2.75, 3.05) is 0 Å². The van der Waals surface area contributed by atoms with E-state index in [0.717, 1.165) is 12.8 Å². The molecule has 0 fully saturated rings. The van der Waals surface area contributed by atoms with Gasteiger partial charge in [-0.15, -0.1) is 0 Å². The highest BCUT2D eigenvalue weighted by molar-refractivity contribution is 6.02. The molecule has 1 rings (SSSR count). The number of oxime groups is 1. The van der Waals surface area contributed by atoms with E-state index in [2.05, 4.69) is 12.1 Å². The standard InChI is InChI=1S/C18H29NO3/c1-2-3-4-5-6-7-8-9-10-11-17(19-22)16-13-12-15(20)14-18(16)21/h12-14,20-22H,2-11H2,1H3. The number of nitrogens with zero attached hydrogens (tertiary/aromatic N) is 1. The van der Waals surface area contributed by atoms with Gasteiger partial charge in [0.15, 0.2) is 0 Å². The second-order valence-corrected chi connectivity index (χ2v) is 5.83. The molecule has 0 radical (unpaired) electrons. The van der Waals surface area contributed by atoms with Crippen LogP contribution in [0.4, 0.5) is 0 Å². The summed E-state index contributed by atoms with van der Waals surface area (Å²) in [6, 6.07) is 4.32. The van der Waals surface area contributed by atoms with E-state index in [-0.39, 0.29) is 11.5 Å². The summed E-state index contributed by atoms with van der Waals surface area (Å²) in [5.74, 6) is -0.0506. The number of hydrogen-bond donors (Lipinski definition) is 3. The highest BCUT2D eigenvalue weighted by Gasteiger charge is 2.10. The molecular weight excluding hydrogens is 278 g/mol. The normalized spacial score (nSPS) is 11.8. The van der Waals surface area contributed by atoms with Crippen molar-refractivity contribution in [2.45, 2.75) is 71.1 Å². The number of phenolic OH excluding ortho intramolecular Hbond substituents is 2. The lowest BCUT2D eigenvalue weighted by atomic mass is 10.0. The smallest absolute Gasteiger partial charge is 0.128 e. The predicted octanol–water partition coefficient (Wildman–Crippen LogP) is 5.20. The van der Waals surface area contributed by atoms with Crippen LogP contribution in [0.25, 0.3) is 0 Å². The molecule has 1 aromatic rings. The minimum Gasteiger partial charge on any atom is -0.508 e. The topological polar surface area (TPSA) is 73.1 Å². The maximum atomic E-state index is 9.78. The van der Waals surface area contributed by atoms with Crippen LogP contribution in [0, 0.1) is 0 Å². The van der Waals surface area contributed by atoms with Crippen LogP contribution in [0.1, 0.15) is 76.7 Å². The van der Waals surface area contributed by atoms with Crippen molar-refractivity contribution < 1.29 is 15.4 Å². The van der Waals surface area contributed by atoms with Crippen LogP contribution < -0.4 is 0 Å². The molecule has 0 heterocycles. The Hall–Kier alpha value is -1.71. The summed E-state index contributed by atoms with van der Waals surface area (Å²) in [7, 11) is 0. The molecule has 3 N–H and O–H groups in total. The summed E-state index contributed by atoms with van der Waals surface area (Å²) in [6.45, 7) is 2.23. The third kappa shape index (κ3) is 6.83. The molecule has 0 aliphatic rings. The zero-order chi connectivity index (χ0) is 16.2. The largest absolute Gasteiger partial charge is 0.508 e. The number of rotatable bonds is 11. The number of hydrogen-bond acceptors (Lipinski definition) is 4. The maximum Gasteiger partial charge on any atom is 0.128 e. The summed E-state index contributed by atoms with van der Waals surface area (Å²) in [5, 5.41) is 31.5. The Labute approximate surface area is 133 Å². The Kier molecular flexibility index (Phi) is 9.12. The van der Waals surface area contributed by atoms with Gasteiger partial charge in [-0.05, 0) is 25.0 Å². The molecule has 0 amide bonds. The first-order valence-electron chi connectivity index (χ1n) is 8.42. The number of unbranched alkanes of at least 4 members (excludes halogenated alkanes) is 8. The van der Waals surface area contributed by atoms with E-state index in [0.29, 0.717) is 17.7 Å². The molecule has 0 aromatic heterocycles. The van der Waals surface area contributed by atoms with Crippen LogP contribution in [0.3, 0.4) is 0 Å². The Balaban J connectivity index is 2.22. The molecule has 124 valence electrons. The highest BCUT2D eigenvalue weighted by Crippen LogP contribution is 2.25. The van der Waals surface area contributed by atoms with Gasteiger partial charge < -0.3 is 15.4 Å². The number of aromatic hydroxyl groups is 2. The van der Waals surface area contributed by atoms with E-state index in [9.17, 15) is 10.2 Å². The molecule has 4 nitrogen and oxygen atoms in total. The Bertz CT molecular complexity index is 458. The van der Waals surface area contributed by atoms with E-state index >= 15 is 0 Å². The van der Waals surface area contributed by atoms with Crippen LogP contribution in [-0.2, 0) is 0 Å². The van der Waals surface area contributed by atoms with Crippen LogP contribution in [0.15, 0.2) is 23.4 Å². The van der Waals surface area contributed by atoms with E-state index in [1.54, 1.807) is 6.07 Å². The van der Waals surface area contributed by atoms with Crippen LogP contribution in [-0.4, -0.2) is 21.1 Å². The van der Waals surface area contributed by atoms with Crippen LogP contribution in [0.5, 0.6) is 11.5 Å². The van der Waals surface area contributed by atoms with Crippen LogP contribution in [0.2, 0.25) is 0 Å². The SMILES string of the molecule is CCCCCCCCCCCC(=NO)c1ccc(O)cc1O. The molecule has 0 aliphatic carbocycles. The molecule has 22 heavy (non-hydrogen) atoms. The second-order valence-electron chi connectivity index (χ2n) is 5.83. The highest BCUT2D eigenvalue weighted by atomic mass is 16.4. The fraction of sp³-hybridized carbons (Fsp3) is 0.611. The first-order valence-corrected chi connectivity index (χ1v) is 8.42. The van der Waals surface area contributed by atoms with Crippen molar-refractivity contribution >= 4 is 5.71 Å². The lowest BCUT2D eigenvalue weighted by Crippen LogP contribution is -2.01. The Morgan fingerprint density at radius 1 is 0.909 bits per heavy atom. The van der Waals surface area contributed by atoms with Crippen LogP contribution >= 0.6 is 0 Å². The molecule has 0 saturated carbocycles. The summed E-state index contributed by atoms with van der Waals surface area (Å²) in [4.78, 5) is 0. The van der Waals surface area contributed by atoms with E-state index in [1.807, 2.05) is 0 Å². The molecule has 1 aromatic carbocycles. The van der Waals surface area contributed by atoms with Gasteiger partial charge in [0.1, 0.15) is 11.5 Å². The lowest BCUT2D eigenvalue weighted by molar-refractivity contribution is 0.317. The van der Waals surface area contributed by atoms with Gasteiger partial charge in [-0.1, -0.05) is 63.4 Å². The zero-order valence-electron chi connectivity index (χ0n) is 13.6. The summed E-state index contributed by atoms with van der Waals surface area (Å²) in [6.07, 6.45) is 11.7. The molecule has 0 atom stereocenters. The average Bonchev–Trinajstić information content (AvgIpc) is 2.50. The molecule has 0 saturated heterocycles. The van der Waals surface area contributed by atoms with Crippen molar-refractivity contribution in [2.24, 2.45) is 5.16 Å². The van der Waals surface area contributed by atoms with E-state index in [1.165, 1.54) is 57.1 Å². The molecule has 0 spiro atoms. The minimum absolute atomic E-state index is 0.00149. The lowest BCUT2D eigenvalue weighted by Gasteiger charge is -2.07. The summed E-state index contributed by atoms with van der Waals surface area (Å²) < 4.78 is 0. The first kappa shape index (κ1) is 18.3. The Morgan fingerprint density at radius 3 is 2.05 bits per heavy atom. The van der Waals surface area contributed by atoms with Crippen molar-refractivity contribution in [1.29, 1.82) is 0 Å². The van der Waals surface area contributed by atoms with Gasteiger partial charge >= 0.3 is 0 Å². The third-order valence-electron chi connectivity index (χ3n) is 3.93. The quantitative estimate of drug-likeness (QED) is 0.228. The summed E-state index contributed by atoms with van der Waals surface area (Å²) in [5.41, 5.74) is 0.959. The maximum absolute atomic E-state index is 9.78. The molecule has 0 bridgehead atoms. The van der Waals surface area contributed by atoms with Gasteiger partial charge in [0.05, 0.1) is 5.71 Å². The molecular formula is C18H29NO3. The average molecular weight is 307 g/mol. The van der Waals surface area contributed by atoms with E-state index < -0.39 is 0 Å². The van der Waals surface area contributed by atoms with Gasteiger partial charge in [0.2, 0.25) is 0 Å². The van der Waals surface area contributed by atoms with Crippen molar-refractivity contribution in [3.8, 4) is 11.5 Å². The fourth-order valence-electron chi connectivity index (χ4n) is 2.61. The van der Waals surface area contributed by atoms with Crippen molar-refractivity contribution in [3.05, 3.63) is 23.8 Å². The van der Waals surface area contributed by atoms with Gasteiger partial charge in [-0.3, -0.25) is 0 Å². The zero-order valence-corrected chi connectivity index (χ0v) is 13.6. The third-order valence-corrected chi connectivity index (χ3v) is 3.93. The van der Waals surface area contributed by atoms with Gasteiger partial charge in [-0.2, -0.15) is 0 Å². The Morgan fingerprint density at radius 2 is 1.50 bits per heavy atom. The molecule has 0 aliphatic heterocycles. The number of benzene rings is 1. The fourth-order valence-corrected chi connectivity index (χ4v) is 2.61. The minimum atomic E-state index is -0.0521. The molecule has 0 unspecified atom stereocenters. The summed E-state index contributed by atoms with van der Waals surface area (Å²) >= 11 is 0. The first-order chi connectivity index (χ1) is 10.7. The van der Waals surface area contributed by atoms with E-state index in [4.69, 9.17) is 5.21 Å². The second kappa shape index (κ2) is 10.9. The van der Waals surface area contributed by atoms with Gasteiger partial charge in [0.25, 0.3) is 0 Å². The van der Waals surface area contributed by atoms with Gasteiger partial charge in [0, 0.05) is 11.6 Å². The predicted molar refractivity (Wildman–Crippen MR) is 89.9 cm³/mol. The van der Waals surface area contributed by atoms with Gasteiger partial charge in [-0.25, -0.2) is 0 Å². The number of phenols is 2. The monoisotopic (exact) mass is 307 g/mol. The molecule has 4 heteroatoms. The van der Waals surface area contributed by atoms with Crippen molar-refractivity contribution in [3.63, 3.8) is 0 Å². The van der Waals surface area contributed by atoms with Crippen molar-refractivity contribution in [1.82, 2.24) is 0 Å².